The van der Waals surface area contributed by atoms with Gasteiger partial charge in [-0.2, -0.15) is 0 Å². The molecule has 3 nitrogen and oxygen atoms in total. The highest BCUT2D eigenvalue weighted by Gasteiger charge is 2.18. The quantitative estimate of drug-likeness (QED) is 0.426. The predicted molar refractivity (Wildman–Crippen MR) is 106 cm³/mol. The van der Waals surface area contributed by atoms with E-state index in [2.05, 4.69) is 21.8 Å². The van der Waals surface area contributed by atoms with Crippen LogP contribution in [0.4, 0.5) is 10.8 Å². The van der Waals surface area contributed by atoms with Gasteiger partial charge in [-0.15, -0.1) is 0 Å². The molecule has 0 aliphatic carbocycles. The zero-order valence-electron chi connectivity index (χ0n) is 14.0. The summed E-state index contributed by atoms with van der Waals surface area (Å²) in [6, 6.07) is 15.9. The smallest absolute Gasteiger partial charge is 0.339 e. The molecule has 0 atom stereocenters. The number of nitrogens with zero attached hydrogens (tertiary/aromatic N) is 1. The Morgan fingerprint density at radius 2 is 1.88 bits per heavy atom. The third-order valence-corrected chi connectivity index (χ3v) is 4.83. The number of halogens is 1. The Balaban J connectivity index is 1.88. The fourth-order valence-corrected chi connectivity index (χ4v) is 3.61. The fourth-order valence-electron chi connectivity index (χ4n) is 2.52. The summed E-state index contributed by atoms with van der Waals surface area (Å²) in [5.74, 6) is 0.875. The Bertz CT molecular complexity index is 841. The number of benzene rings is 2. The Labute approximate surface area is 157 Å². The summed E-state index contributed by atoms with van der Waals surface area (Å²) < 4.78 is 7.70. The van der Waals surface area contributed by atoms with E-state index in [9.17, 15) is 0 Å². The monoisotopic (exact) mass is 371 g/mol. The summed E-state index contributed by atoms with van der Waals surface area (Å²) in [6.07, 6.45) is 1.90. The van der Waals surface area contributed by atoms with Crippen LogP contribution in [0, 0.1) is 0 Å². The van der Waals surface area contributed by atoms with Gasteiger partial charge in [-0.05, 0) is 55.5 Å². The first-order valence-corrected chi connectivity index (χ1v) is 9.35. The number of anilines is 2. The molecule has 1 heterocycles. The molecule has 1 aromatic heterocycles. The van der Waals surface area contributed by atoms with E-state index in [1.807, 2.05) is 61.5 Å². The maximum absolute atomic E-state index is 6.00. The molecule has 1 N–H and O–H groups in total. The molecule has 0 radical (unpaired) electrons. The van der Waals surface area contributed by atoms with Crippen LogP contribution in [0.15, 0.2) is 66.6 Å². The van der Waals surface area contributed by atoms with Crippen molar-refractivity contribution in [2.45, 2.75) is 13.5 Å². The van der Waals surface area contributed by atoms with Gasteiger partial charge in [-0.1, -0.05) is 35.6 Å². The summed E-state index contributed by atoms with van der Waals surface area (Å²) in [6.45, 7) is 7.25. The highest BCUT2D eigenvalue weighted by Crippen LogP contribution is 2.27. The van der Waals surface area contributed by atoms with Gasteiger partial charge in [0.2, 0.25) is 0 Å². The van der Waals surface area contributed by atoms with Crippen molar-refractivity contribution in [1.82, 2.24) is 0 Å². The Hall–Kier alpha value is -2.30. The molecule has 0 saturated carbocycles. The maximum Gasteiger partial charge on any atom is 0.339 e. The average molecular weight is 372 g/mol. The lowest BCUT2D eigenvalue weighted by atomic mass is 10.2. The summed E-state index contributed by atoms with van der Waals surface area (Å²) >= 11 is 7.67. The largest absolute Gasteiger partial charge is 0.494 e. The lowest BCUT2D eigenvalue weighted by Crippen LogP contribution is -2.35. The number of allylic oxidation sites excluding steroid dienone is 1. The highest BCUT2D eigenvalue weighted by molar-refractivity contribution is 7.13. The van der Waals surface area contributed by atoms with E-state index >= 15 is 0 Å². The van der Waals surface area contributed by atoms with Crippen LogP contribution in [-0.2, 0) is 6.54 Å². The number of ether oxygens (including phenoxy) is 1. The van der Waals surface area contributed by atoms with Gasteiger partial charge in [0.1, 0.15) is 23.7 Å². The summed E-state index contributed by atoms with van der Waals surface area (Å²) in [4.78, 5) is 0. The van der Waals surface area contributed by atoms with Crippen LogP contribution in [0.25, 0.3) is 11.3 Å². The summed E-state index contributed by atoms with van der Waals surface area (Å²) in [5.41, 5.74) is 3.28. The van der Waals surface area contributed by atoms with E-state index in [1.165, 1.54) is 0 Å². The maximum atomic E-state index is 6.00. The normalized spacial score (nSPS) is 10.5. The Morgan fingerprint density at radius 1 is 1.16 bits per heavy atom. The summed E-state index contributed by atoms with van der Waals surface area (Å²) in [7, 11) is 0. The minimum atomic E-state index is 0.668. The van der Waals surface area contributed by atoms with Gasteiger partial charge in [0.15, 0.2) is 0 Å². The molecule has 2 aromatic carbocycles. The van der Waals surface area contributed by atoms with Crippen molar-refractivity contribution in [1.29, 1.82) is 0 Å². The molecular weight excluding hydrogens is 352 g/mol. The molecule has 0 amide bonds. The van der Waals surface area contributed by atoms with Gasteiger partial charge in [-0.25, -0.2) is 9.88 Å². The van der Waals surface area contributed by atoms with Crippen molar-refractivity contribution < 1.29 is 9.30 Å². The van der Waals surface area contributed by atoms with Crippen LogP contribution in [0.5, 0.6) is 5.75 Å². The summed E-state index contributed by atoms with van der Waals surface area (Å²) in [5, 5.41) is 7.41. The van der Waals surface area contributed by atoms with E-state index in [4.69, 9.17) is 16.3 Å². The molecule has 3 aromatic rings. The second-order valence-corrected chi connectivity index (χ2v) is 6.71. The number of hydrogen-bond acceptors (Lipinski definition) is 3. The molecule has 0 saturated heterocycles. The molecule has 0 aliphatic heterocycles. The molecular formula is C20H20ClN2OS+. The first-order valence-electron chi connectivity index (χ1n) is 8.09. The van der Waals surface area contributed by atoms with Gasteiger partial charge in [0, 0.05) is 16.0 Å². The third-order valence-electron chi connectivity index (χ3n) is 3.69. The standard InChI is InChI=1S/C20H19ClN2OS/c1-3-13-23-19(15-5-7-16(21)8-6-15)14-25-20(23)22-17-9-11-18(12-10-17)24-4-2/h3,5-12,14H,1,4,13H2,2H3/p+1. The van der Waals surface area contributed by atoms with Crippen molar-refractivity contribution in [2.75, 3.05) is 11.9 Å². The topological polar surface area (TPSA) is 25.1 Å². The fraction of sp³-hybridized carbons (Fsp3) is 0.150. The Morgan fingerprint density at radius 3 is 2.52 bits per heavy atom. The second-order valence-electron chi connectivity index (χ2n) is 5.41. The van der Waals surface area contributed by atoms with E-state index in [-0.39, 0.29) is 0 Å². The molecule has 0 bridgehead atoms. The molecule has 5 heteroatoms. The average Bonchev–Trinajstić information content (AvgIpc) is 3.01. The molecule has 0 aliphatic rings. The SMILES string of the molecule is C=CC[n+]1c(-c2ccc(Cl)cc2)csc1Nc1ccc(OCC)cc1. The van der Waals surface area contributed by atoms with Crippen LogP contribution in [-0.4, -0.2) is 6.61 Å². The Kier molecular flexibility index (Phi) is 5.74. The van der Waals surface area contributed by atoms with Crippen LogP contribution < -0.4 is 14.6 Å². The number of aromatic nitrogens is 1. The van der Waals surface area contributed by atoms with Crippen LogP contribution in [0.2, 0.25) is 5.02 Å². The highest BCUT2D eigenvalue weighted by atomic mass is 35.5. The van der Waals surface area contributed by atoms with E-state index in [0.29, 0.717) is 6.61 Å². The van der Waals surface area contributed by atoms with E-state index < -0.39 is 0 Å². The number of rotatable bonds is 7. The predicted octanol–water partition coefficient (Wildman–Crippen LogP) is 5.68. The van der Waals surface area contributed by atoms with Crippen molar-refractivity contribution in [3.63, 3.8) is 0 Å². The molecule has 0 fully saturated rings. The van der Waals surface area contributed by atoms with E-state index in [1.54, 1.807) is 11.3 Å². The lowest BCUT2D eigenvalue weighted by molar-refractivity contribution is -0.657. The molecule has 0 unspecified atom stereocenters. The second kappa shape index (κ2) is 8.19. The van der Waals surface area contributed by atoms with Crippen molar-refractivity contribution in [2.24, 2.45) is 0 Å². The van der Waals surface area contributed by atoms with Gasteiger partial charge in [0.05, 0.1) is 6.61 Å². The zero-order chi connectivity index (χ0) is 17.6. The van der Waals surface area contributed by atoms with Crippen molar-refractivity contribution >= 4 is 33.8 Å². The van der Waals surface area contributed by atoms with Gasteiger partial charge < -0.3 is 4.74 Å². The van der Waals surface area contributed by atoms with Crippen molar-refractivity contribution in [3.8, 4) is 17.0 Å². The van der Waals surface area contributed by atoms with Crippen LogP contribution in [0.1, 0.15) is 6.92 Å². The molecule has 3 rings (SSSR count). The zero-order valence-corrected chi connectivity index (χ0v) is 15.6. The molecule has 25 heavy (non-hydrogen) atoms. The molecule has 128 valence electrons. The first kappa shape index (κ1) is 17.5. The first-order chi connectivity index (χ1) is 12.2. The third kappa shape index (κ3) is 4.21. The minimum absolute atomic E-state index is 0.668. The van der Waals surface area contributed by atoms with Crippen LogP contribution in [0.3, 0.4) is 0 Å². The van der Waals surface area contributed by atoms with Gasteiger partial charge in [-0.3, -0.25) is 0 Å². The number of hydrogen-bond donors (Lipinski definition) is 1. The lowest BCUT2D eigenvalue weighted by Gasteiger charge is -2.05. The number of thiazole rings is 1. The van der Waals surface area contributed by atoms with Gasteiger partial charge in [0.25, 0.3) is 0 Å². The van der Waals surface area contributed by atoms with Gasteiger partial charge >= 0.3 is 5.13 Å². The van der Waals surface area contributed by atoms with Crippen molar-refractivity contribution in [3.05, 3.63) is 71.6 Å². The minimum Gasteiger partial charge on any atom is -0.494 e. The molecule has 0 spiro atoms. The van der Waals surface area contributed by atoms with Crippen LogP contribution >= 0.6 is 22.9 Å². The van der Waals surface area contributed by atoms with E-state index in [0.717, 1.165) is 39.4 Å². The number of nitrogens with one attached hydrogen (secondary N) is 1.